The quantitative estimate of drug-likeness (QED) is 0.823. The van der Waals surface area contributed by atoms with Gasteiger partial charge in [-0.2, -0.15) is 0 Å². The number of halogens is 2. The summed E-state index contributed by atoms with van der Waals surface area (Å²) < 4.78 is 5.26. The number of anilines is 1. The summed E-state index contributed by atoms with van der Waals surface area (Å²) in [5.41, 5.74) is 1.62. The fourth-order valence-electron chi connectivity index (χ4n) is 2.33. The first-order chi connectivity index (χ1) is 11.4. The van der Waals surface area contributed by atoms with Gasteiger partial charge < -0.3 is 15.0 Å². The molecule has 1 amide bonds. The molecule has 0 saturated heterocycles. The Bertz CT molecular complexity index is 722. The Balaban J connectivity index is 2.04. The van der Waals surface area contributed by atoms with Crippen molar-refractivity contribution in [3.05, 3.63) is 58.1 Å². The van der Waals surface area contributed by atoms with Gasteiger partial charge in [0.25, 0.3) is 5.91 Å². The fourth-order valence-corrected chi connectivity index (χ4v) is 2.81. The number of hydrogen-bond acceptors (Lipinski definition) is 2. The molecule has 0 aliphatic heterocycles. The Morgan fingerprint density at radius 3 is 2.62 bits per heavy atom. The van der Waals surface area contributed by atoms with Gasteiger partial charge in [-0.3, -0.25) is 4.79 Å². The summed E-state index contributed by atoms with van der Waals surface area (Å²) in [6, 6.07) is 12.5. The summed E-state index contributed by atoms with van der Waals surface area (Å²) in [6.45, 7) is 2.50. The largest absolute Gasteiger partial charge is 0.495 e. The van der Waals surface area contributed by atoms with Crippen molar-refractivity contribution in [3.8, 4) is 5.75 Å². The topological polar surface area (TPSA) is 42.8 Å². The van der Waals surface area contributed by atoms with Crippen molar-refractivity contribution in [2.75, 3.05) is 19.5 Å². The van der Waals surface area contributed by atoms with E-state index in [-0.39, 0.29) is 11.9 Å². The van der Waals surface area contributed by atoms with Crippen LogP contribution in [-0.4, -0.2) is 26.1 Å². The molecule has 0 radical (unpaired) electrons. The first-order valence-corrected chi connectivity index (χ1v) is 8.38. The van der Waals surface area contributed by atoms with Crippen molar-refractivity contribution in [1.82, 2.24) is 0 Å². The predicted molar refractivity (Wildman–Crippen MR) is 98.1 cm³/mol. The third-order valence-electron chi connectivity index (χ3n) is 3.98. The number of amides is 1. The number of hydrogen-bond donors (Lipinski definition) is 2. The number of likely N-dealkylation sites (N-methyl/N-ethyl adjacent to an activating group) is 1. The SMILES string of the molecule is COc1ccccc1NC(=O)[C@@H](C)[NH+](C)Cc1ccc(Cl)cc1Cl. The van der Waals surface area contributed by atoms with E-state index in [4.69, 9.17) is 27.9 Å². The van der Waals surface area contributed by atoms with Gasteiger partial charge in [-0.25, -0.2) is 0 Å². The Kier molecular flexibility index (Phi) is 6.49. The number of nitrogens with one attached hydrogen (secondary N) is 2. The number of methoxy groups -OCH3 is 1. The number of carbonyl (C=O) groups excluding carboxylic acids is 1. The Labute approximate surface area is 152 Å². The van der Waals surface area contributed by atoms with Crippen LogP contribution in [0.25, 0.3) is 0 Å². The molecule has 0 bridgehead atoms. The van der Waals surface area contributed by atoms with E-state index in [1.54, 1.807) is 19.2 Å². The molecule has 0 aliphatic carbocycles. The standard InChI is InChI=1S/C18H20Cl2N2O2/c1-12(18(23)21-16-6-4-5-7-17(16)24-3)22(2)11-13-8-9-14(19)10-15(13)20/h4-10,12H,11H2,1-3H3,(H,21,23)/p+1/t12-/m1/s1. The van der Waals surface area contributed by atoms with Crippen LogP contribution in [0.1, 0.15) is 12.5 Å². The van der Waals surface area contributed by atoms with E-state index in [1.807, 2.05) is 44.3 Å². The van der Waals surface area contributed by atoms with Gasteiger partial charge in [-0.05, 0) is 31.2 Å². The number of ether oxygens (including phenoxy) is 1. The van der Waals surface area contributed by atoms with Crippen LogP contribution < -0.4 is 15.0 Å². The van der Waals surface area contributed by atoms with Gasteiger partial charge in [0.2, 0.25) is 0 Å². The maximum Gasteiger partial charge on any atom is 0.282 e. The molecule has 0 fully saturated rings. The third kappa shape index (κ3) is 4.63. The van der Waals surface area contributed by atoms with Crippen LogP contribution in [-0.2, 0) is 11.3 Å². The lowest BCUT2D eigenvalue weighted by Crippen LogP contribution is -3.12. The van der Waals surface area contributed by atoms with Crippen LogP contribution in [0.2, 0.25) is 10.0 Å². The van der Waals surface area contributed by atoms with E-state index >= 15 is 0 Å². The molecule has 128 valence electrons. The second-order valence-electron chi connectivity index (χ2n) is 5.67. The molecule has 2 atom stereocenters. The second kappa shape index (κ2) is 8.38. The zero-order valence-electron chi connectivity index (χ0n) is 13.9. The predicted octanol–water partition coefficient (Wildman–Crippen LogP) is 3.04. The molecule has 4 nitrogen and oxygen atoms in total. The molecule has 0 spiro atoms. The second-order valence-corrected chi connectivity index (χ2v) is 6.51. The zero-order chi connectivity index (χ0) is 17.7. The van der Waals surface area contributed by atoms with Gasteiger partial charge in [-0.15, -0.1) is 0 Å². The van der Waals surface area contributed by atoms with Crippen molar-refractivity contribution in [1.29, 1.82) is 0 Å². The Morgan fingerprint density at radius 1 is 1.25 bits per heavy atom. The number of quaternary nitrogens is 1. The highest BCUT2D eigenvalue weighted by molar-refractivity contribution is 6.35. The van der Waals surface area contributed by atoms with Gasteiger partial charge in [0.15, 0.2) is 6.04 Å². The van der Waals surface area contributed by atoms with E-state index < -0.39 is 0 Å². The van der Waals surface area contributed by atoms with Crippen molar-refractivity contribution in [2.45, 2.75) is 19.5 Å². The Morgan fingerprint density at radius 2 is 1.96 bits per heavy atom. The zero-order valence-corrected chi connectivity index (χ0v) is 15.4. The van der Waals surface area contributed by atoms with Gasteiger partial charge in [0.1, 0.15) is 12.3 Å². The molecule has 2 rings (SSSR count). The van der Waals surface area contributed by atoms with Gasteiger partial charge in [0, 0.05) is 10.6 Å². The minimum Gasteiger partial charge on any atom is -0.495 e. The maximum atomic E-state index is 12.5. The minimum absolute atomic E-state index is 0.0814. The number of benzene rings is 2. The van der Waals surface area contributed by atoms with E-state index in [0.717, 1.165) is 10.5 Å². The fraction of sp³-hybridized carbons (Fsp3) is 0.278. The Hall–Kier alpha value is -1.75. The van der Waals surface area contributed by atoms with E-state index in [0.29, 0.717) is 28.0 Å². The normalized spacial score (nSPS) is 13.2. The maximum absolute atomic E-state index is 12.5. The molecule has 2 aromatic rings. The molecule has 0 heterocycles. The smallest absolute Gasteiger partial charge is 0.282 e. The van der Waals surface area contributed by atoms with Gasteiger partial charge >= 0.3 is 0 Å². The van der Waals surface area contributed by atoms with E-state index in [9.17, 15) is 4.79 Å². The number of carbonyl (C=O) groups is 1. The molecule has 6 heteroatoms. The first-order valence-electron chi connectivity index (χ1n) is 7.62. The number of rotatable bonds is 6. The number of para-hydroxylation sites is 2. The molecular formula is C18H21Cl2N2O2+. The molecule has 0 aliphatic rings. The van der Waals surface area contributed by atoms with Crippen molar-refractivity contribution in [3.63, 3.8) is 0 Å². The van der Waals surface area contributed by atoms with Gasteiger partial charge in [-0.1, -0.05) is 41.4 Å². The van der Waals surface area contributed by atoms with Crippen LogP contribution in [0.5, 0.6) is 5.75 Å². The summed E-state index contributed by atoms with van der Waals surface area (Å²) in [4.78, 5) is 13.5. The lowest BCUT2D eigenvalue weighted by Gasteiger charge is -2.22. The molecule has 24 heavy (non-hydrogen) atoms. The first kappa shape index (κ1) is 18.6. The summed E-state index contributed by atoms with van der Waals surface area (Å²) in [5.74, 6) is 0.554. The lowest BCUT2D eigenvalue weighted by molar-refractivity contribution is -0.907. The summed E-state index contributed by atoms with van der Waals surface area (Å²) in [7, 11) is 3.53. The van der Waals surface area contributed by atoms with Crippen molar-refractivity contribution in [2.24, 2.45) is 0 Å². The van der Waals surface area contributed by atoms with Gasteiger partial charge in [0.05, 0.1) is 24.9 Å². The molecule has 2 aromatic carbocycles. The van der Waals surface area contributed by atoms with Crippen LogP contribution in [0.15, 0.2) is 42.5 Å². The third-order valence-corrected chi connectivity index (χ3v) is 4.57. The van der Waals surface area contributed by atoms with Crippen molar-refractivity contribution < 1.29 is 14.4 Å². The summed E-state index contributed by atoms with van der Waals surface area (Å²) in [5, 5.41) is 4.12. The van der Waals surface area contributed by atoms with Crippen LogP contribution in [0.4, 0.5) is 5.69 Å². The van der Waals surface area contributed by atoms with E-state index in [2.05, 4.69) is 5.32 Å². The highest BCUT2D eigenvalue weighted by Crippen LogP contribution is 2.23. The lowest BCUT2D eigenvalue weighted by atomic mass is 10.2. The highest BCUT2D eigenvalue weighted by atomic mass is 35.5. The van der Waals surface area contributed by atoms with Crippen LogP contribution in [0.3, 0.4) is 0 Å². The molecular weight excluding hydrogens is 347 g/mol. The molecule has 0 aromatic heterocycles. The molecule has 0 saturated carbocycles. The highest BCUT2D eigenvalue weighted by Gasteiger charge is 2.23. The molecule has 1 unspecified atom stereocenters. The minimum atomic E-state index is -0.262. The average Bonchev–Trinajstić information content (AvgIpc) is 2.57. The van der Waals surface area contributed by atoms with E-state index in [1.165, 1.54) is 0 Å². The molecule has 2 N–H and O–H groups in total. The summed E-state index contributed by atoms with van der Waals surface area (Å²) in [6.07, 6.45) is 0. The monoisotopic (exact) mass is 367 g/mol. The van der Waals surface area contributed by atoms with Crippen LogP contribution in [0, 0.1) is 0 Å². The average molecular weight is 368 g/mol. The van der Waals surface area contributed by atoms with Crippen LogP contribution >= 0.6 is 23.2 Å². The summed E-state index contributed by atoms with van der Waals surface area (Å²) >= 11 is 12.1. The van der Waals surface area contributed by atoms with Crippen molar-refractivity contribution >= 4 is 34.8 Å².